The smallest absolute Gasteiger partial charge is 0.339 e. The number of hydrogen-bond acceptors (Lipinski definition) is 6. The number of esters is 1. The second-order valence-electron chi connectivity index (χ2n) is 7.01. The molecular formula is C19H27ClN4O2. The number of aromatic nitrogens is 1. The van der Waals surface area contributed by atoms with Gasteiger partial charge >= 0.3 is 5.97 Å². The summed E-state index contributed by atoms with van der Waals surface area (Å²) in [5, 5.41) is 12.9. The Balaban J connectivity index is 0.00000243. The minimum Gasteiger partial charge on any atom is -0.465 e. The van der Waals surface area contributed by atoms with Crippen molar-refractivity contribution in [3.8, 4) is 6.07 Å². The fourth-order valence-corrected chi connectivity index (χ4v) is 4.13. The van der Waals surface area contributed by atoms with Crippen LogP contribution < -0.4 is 10.2 Å². The lowest BCUT2D eigenvalue weighted by molar-refractivity contribution is 0.0599. The first-order chi connectivity index (χ1) is 12.1. The Morgan fingerprint density at radius 1 is 1.27 bits per heavy atom. The summed E-state index contributed by atoms with van der Waals surface area (Å²) >= 11 is 0. The van der Waals surface area contributed by atoms with Crippen LogP contribution in [0.1, 0.15) is 47.3 Å². The number of carbonyl (C=O) groups is 1. The molecule has 0 amide bonds. The number of methoxy groups -OCH3 is 1. The Morgan fingerprint density at radius 3 is 2.46 bits per heavy atom. The number of rotatable bonds is 3. The lowest BCUT2D eigenvalue weighted by atomic mass is 9.79. The fourth-order valence-electron chi connectivity index (χ4n) is 4.13. The highest BCUT2D eigenvalue weighted by molar-refractivity contribution is 5.91. The Morgan fingerprint density at radius 2 is 1.88 bits per heavy atom. The third-order valence-corrected chi connectivity index (χ3v) is 5.61. The van der Waals surface area contributed by atoms with Gasteiger partial charge < -0.3 is 15.0 Å². The van der Waals surface area contributed by atoms with E-state index >= 15 is 0 Å². The Hall–Kier alpha value is -1.84. The van der Waals surface area contributed by atoms with E-state index in [1.165, 1.54) is 20.0 Å². The number of aryl methyl sites for hydroxylation is 1. The number of nitriles is 1. The molecule has 1 N–H and O–H groups in total. The van der Waals surface area contributed by atoms with E-state index in [4.69, 9.17) is 4.74 Å². The maximum absolute atomic E-state index is 11.8. The molecule has 1 aromatic heterocycles. The molecule has 3 rings (SSSR count). The summed E-state index contributed by atoms with van der Waals surface area (Å²) in [7, 11) is 1.34. The van der Waals surface area contributed by atoms with Crippen molar-refractivity contribution in [2.75, 3.05) is 38.2 Å². The molecule has 2 fully saturated rings. The van der Waals surface area contributed by atoms with Crippen molar-refractivity contribution in [1.29, 1.82) is 5.26 Å². The third-order valence-electron chi connectivity index (χ3n) is 5.61. The molecule has 0 aliphatic carbocycles. The topological polar surface area (TPSA) is 78.2 Å². The maximum atomic E-state index is 11.8. The van der Waals surface area contributed by atoms with Crippen LogP contribution in [0.2, 0.25) is 0 Å². The highest BCUT2D eigenvalue weighted by Crippen LogP contribution is 2.33. The fraction of sp³-hybridized carbons (Fsp3) is 0.632. The van der Waals surface area contributed by atoms with Crippen molar-refractivity contribution < 1.29 is 9.53 Å². The molecule has 2 saturated heterocycles. The third kappa shape index (κ3) is 4.28. The van der Waals surface area contributed by atoms with E-state index < -0.39 is 5.97 Å². The molecule has 2 aliphatic heterocycles. The normalized spacial score (nSPS) is 18.7. The maximum Gasteiger partial charge on any atom is 0.339 e. The average Bonchev–Trinajstić information content (AvgIpc) is 2.68. The zero-order valence-corrected chi connectivity index (χ0v) is 16.3. The molecule has 0 atom stereocenters. The summed E-state index contributed by atoms with van der Waals surface area (Å²) in [5.74, 6) is 1.86. The van der Waals surface area contributed by atoms with Crippen LogP contribution in [0.25, 0.3) is 0 Å². The van der Waals surface area contributed by atoms with Crippen LogP contribution >= 0.6 is 12.4 Å². The largest absolute Gasteiger partial charge is 0.465 e. The molecule has 0 aromatic carbocycles. The molecule has 0 saturated carbocycles. The van der Waals surface area contributed by atoms with Crippen molar-refractivity contribution in [1.82, 2.24) is 10.3 Å². The first-order valence-electron chi connectivity index (χ1n) is 9.09. The summed E-state index contributed by atoms with van der Waals surface area (Å²) in [4.78, 5) is 18.6. The van der Waals surface area contributed by atoms with Gasteiger partial charge in [0, 0.05) is 13.1 Å². The number of nitrogens with zero attached hydrogens (tertiary/aromatic N) is 3. The summed E-state index contributed by atoms with van der Waals surface area (Å²) in [6, 6.07) is 3.81. The number of pyridine rings is 1. The predicted molar refractivity (Wildman–Crippen MR) is 103 cm³/mol. The van der Waals surface area contributed by atoms with Crippen molar-refractivity contribution in [3.05, 3.63) is 22.9 Å². The van der Waals surface area contributed by atoms with E-state index in [1.54, 1.807) is 13.0 Å². The van der Waals surface area contributed by atoms with Gasteiger partial charge in [-0.2, -0.15) is 5.26 Å². The molecule has 0 bridgehead atoms. The molecule has 0 radical (unpaired) electrons. The molecule has 6 nitrogen and oxygen atoms in total. The minimum atomic E-state index is -0.447. The van der Waals surface area contributed by atoms with Crippen LogP contribution in [0.15, 0.2) is 6.07 Å². The highest BCUT2D eigenvalue weighted by atomic mass is 35.5. The molecule has 7 heteroatoms. The van der Waals surface area contributed by atoms with E-state index in [0.29, 0.717) is 22.6 Å². The SMILES string of the molecule is COC(=O)c1cc(C#N)c(N2CCC(C3CCNCC3)CC2)nc1C.Cl. The van der Waals surface area contributed by atoms with Gasteiger partial charge in [0.25, 0.3) is 0 Å². The summed E-state index contributed by atoms with van der Waals surface area (Å²) in [6.45, 7) is 5.91. The van der Waals surface area contributed by atoms with Crippen LogP contribution in [0, 0.1) is 30.1 Å². The number of piperidine rings is 2. The monoisotopic (exact) mass is 378 g/mol. The molecular weight excluding hydrogens is 352 g/mol. The molecule has 3 heterocycles. The number of halogens is 1. The van der Waals surface area contributed by atoms with E-state index in [0.717, 1.165) is 50.9 Å². The van der Waals surface area contributed by atoms with Crippen LogP contribution in [0.5, 0.6) is 0 Å². The second kappa shape index (κ2) is 9.20. The number of nitrogens with one attached hydrogen (secondary N) is 1. The Kier molecular flexibility index (Phi) is 7.24. The zero-order chi connectivity index (χ0) is 17.8. The van der Waals surface area contributed by atoms with E-state index in [2.05, 4.69) is 21.3 Å². The van der Waals surface area contributed by atoms with E-state index in [1.807, 2.05) is 0 Å². The quantitative estimate of drug-likeness (QED) is 0.815. The minimum absolute atomic E-state index is 0. The first-order valence-corrected chi connectivity index (χ1v) is 9.09. The molecule has 0 unspecified atom stereocenters. The van der Waals surface area contributed by atoms with E-state index in [9.17, 15) is 10.1 Å². The number of carbonyl (C=O) groups excluding carboxylic acids is 1. The first kappa shape index (κ1) is 20.5. The van der Waals surface area contributed by atoms with Crippen LogP contribution in [0.4, 0.5) is 5.82 Å². The van der Waals surface area contributed by atoms with Gasteiger partial charge in [-0.05, 0) is 63.6 Å². The van der Waals surface area contributed by atoms with Gasteiger partial charge in [0.05, 0.1) is 23.9 Å². The molecule has 2 aliphatic rings. The van der Waals surface area contributed by atoms with E-state index in [-0.39, 0.29) is 12.4 Å². The highest BCUT2D eigenvalue weighted by Gasteiger charge is 2.29. The number of hydrogen-bond donors (Lipinski definition) is 1. The average molecular weight is 379 g/mol. The molecule has 0 spiro atoms. The van der Waals surface area contributed by atoms with Gasteiger partial charge in [-0.15, -0.1) is 12.4 Å². The zero-order valence-electron chi connectivity index (χ0n) is 15.5. The lowest BCUT2D eigenvalue weighted by Crippen LogP contribution is -2.40. The molecule has 26 heavy (non-hydrogen) atoms. The molecule has 142 valence electrons. The van der Waals surface area contributed by atoms with Gasteiger partial charge in [-0.1, -0.05) is 0 Å². The van der Waals surface area contributed by atoms with Gasteiger partial charge in [0.15, 0.2) is 0 Å². The van der Waals surface area contributed by atoms with Gasteiger partial charge in [-0.3, -0.25) is 0 Å². The Labute approximate surface area is 161 Å². The van der Waals surface area contributed by atoms with Crippen molar-refractivity contribution >= 4 is 24.2 Å². The summed E-state index contributed by atoms with van der Waals surface area (Å²) in [5.41, 5.74) is 1.43. The summed E-state index contributed by atoms with van der Waals surface area (Å²) < 4.78 is 4.78. The number of ether oxygens (including phenoxy) is 1. The second-order valence-corrected chi connectivity index (χ2v) is 7.01. The standard InChI is InChI=1S/C19H26N4O2.ClH/c1-13-17(19(24)25-2)11-16(12-20)18(22-13)23-9-5-15(6-10-23)14-3-7-21-8-4-14;/h11,14-15,21H,3-10H2,1-2H3;1H. The lowest BCUT2D eigenvalue weighted by Gasteiger charge is -2.38. The van der Waals surface area contributed by atoms with Gasteiger partial charge in [0.2, 0.25) is 0 Å². The predicted octanol–water partition coefficient (Wildman–Crippen LogP) is 2.69. The van der Waals surface area contributed by atoms with Crippen LogP contribution in [-0.2, 0) is 4.74 Å². The summed E-state index contributed by atoms with van der Waals surface area (Å²) in [6.07, 6.45) is 4.85. The van der Waals surface area contributed by atoms with Gasteiger partial charge in [-0.25, -0.2) is 9.78 Å². The van der Waals surface area contributed by atoms with Crippen LogP contribution in [0.3, 0.4) is 0 Å². The van der Waals surface area contributed by atoms with Gasteiger partial charge in [0.1, 0.15) is 11.9 Å². The number of anilines is 1. The van der Waals surface area contributed by atoms with Crippen molar-refractivity contribution in [2.45, 2.75) is 32.6 Å². The van der Waals surface area contributed by atoms with Crippen LogP contribution in [-0.4, -0.2) is 44.2 Å². The van der Waals surface area contributed by atoms with Crippen molar-refractivity contribution in [2.24, 2.45) is 11.8 Å². The molecule has 1 aromatic rings. The Bertz CT molecular complexity index is 675. The van der Waals surface area contributed by atoms with Crippen molar-refractivity contribution in [3.63, 3.8) is 0 Å².